The molecule has 0 aliphatic carbocycles. The molecule has 3 aromatic rings. The molecule has 3 rings (SSSR count). The van der Waals surface area contributed by atoms with Gasteiger partial charge in [0.25, 0.3) is 0 Å². The number of hydrogen-bond donors (Lipinski definition) is 1. The van der Waals surface area contributed by atoms with Crippen molar-refractivity contribution in [2.75, 3.05) is 6.16 Å². The summed E-state index contributed by atoms with van der Waals surface area (Å²) in [4.78, 5) is 0. The van der Waals surface area contributed by atoms with Crippen molar-refractivity contribution in [1.82, 2.24) is 0 Å². The van der Waals surface area contributed by atoms with E-state index in [9.17, 15) is 9.67 Å². The molecule has 128 valence electrons. The van der Waals surface area contributed by atoms with Crippen molar-refractivity contribution >= 4 is 7.60 Å². The van der Waals surface area contributed by atoms with E-state index < -0.39 is 13.7 Å². The molecule has 0 bridgehead atoms. The number of benzene rings is 3. The number of rotatable bonds is 7. The molecule has 0 aliphatic rings. The molecule has 0 fully saturated rings. The van der Waals surface area contributed by atoms with Crippen molar-refractivity contribution in [2.24, 2.45) is 0 Å². The summed E-state index contributed by atoms with van der Waals surface area (Å²) >= 11 is 0. The second kappa shape index (κ2) is 8.02. The van der Waals surface area contributed by atoms with Crippen molar-refractivity contribution in [2.45, 2.75) is 6.10 Å². The highest BCUT2D eigenvalue weighted by Gasteiger charge is 2.32. The lowest BCUT2D eigenvalue weighted by atomic mass is 10.1. The maximum Gasteiger partial charge on any atom is 0.433 e. The third-order valence-electron chi connectivity index (χ3n) is 3.56. The molecule has 0 heterocycles. The Labute approximate surface area is 147 Å². The highest BCUT2D eigenvalue weighted by Crippen LogP contribution is 2.50. The Morgan fingerprint density at radius 1 is 0.720 bits per heavy atom. The molecule has 0 amide bonds. The Morgan fingerprint density at radius 2 is 1.12 bits per heavy atom. The molecule has 1 unspecified atom stereocenters. The third-order valence-corrected chi connectivity index (χ3v) is 5.33. The van der Waals surface area contributed by atoms with E-state index in [0.29, 0.717) is 17.1 Å². The average Bonchev–Trinajstić information content (AvgIpc) is 2.64. The summed E-state index contributed by atoms with van der Waals surface area (Å²) in [6.45, 7) is 0. The van der Waals surface area contributed by atoms with Crippen LogP contribution in [0.3, 0.4) is 0 Å². The van der Waals surface area contributed by atoms with Gasteiger partial charge in [0.2, 0.25) is 0 Å². The number of hydrogen-bond acceptors (Lipinski definition) is 4. The second-order valence-electron chi connectivity index (χ2n) is 5.53. The van der Waals surface area contributed by atoms with E-state index in [1.807, 2.05) is 30.3 Å². The minimum absolute atomic E-state index is 0.152. The lowest BCUT2D eigenvalue weighted by Gasteiger charge is -2.22. The zero-order chi connectivity index (χ0) is 17.5. The van der Waals surface area contributed by atoms with Gasteiger partial charge in [-0.25, -0.2) is 4.57 Å². The SMILES string of the molecule is O=P(CC(O)c1ccccc1)(Oc1ccccc1)Oc1ccccc1. The molecule has 0 aliphatic heterocycles. The third kappa shape index (κ3) is 4.96. The van der Waals surface area contributed by atoms with Gasteiger partial charge in [-0.1, -0.05) is 66.7 Å². The van der Waals surface area contributed by atoms with Crippen LogP contribution in [0, 0.1) is 0 Å². The Morgan fingerprint density at radius 3 is 1.56 bits per heavy atom. The zero-order valence-corrected chi connectivity index (χ0v) is 14.5. The summed E-state index contributed by atoms with van der Waals surface area (Å²) in [5.74, 6) is 0.865. The van der Waals surface area contributed by atoms with Crippen LogP contribution in [0.15, 0.2) is 91.0 Å². The molecule has 0 saturated carbocycles. The first kappa shape index (κ1) is 17.3. The number of aliphatic hydroxyl groups excluding tert-OH is 1. The summed E-state index contributed by atoms with van der Waals surface area (Å²) in [5.41, 5.74) is 0.663. The molecule has 0 saturated heterocycles. The summed E-state index contributed by atoms with van der Waals surface area (Å²) in [6, 6.07) is 26.7. The van der Waals surface area contributed by atoms with Gasteiger partial charge >= 0.3 is 7.60 Å². The first-order chi connectivity index (χ1) is 12.1. The van der Waals surface area contributed by atoms with Crippen LogP contribution in [0.5, 0.6) is 11.5 Å². The van der Waals surface area contributed by atoms with Gasteiger partial charge in [-0.3, -0.25) is 0 Å². The quantitative estimate of drug-likeness (QED) is 0.602. The molecular formula is C20H19O4P. The van der Waals surface area contributed by atoms with Crippen LogP contribution in [0.25, 0.3) is 0 Å². The summed E-state index contributed by atoms with van der Waals surface area (Å²) in [5, 5.41) is 10.5. The molecule has 1 N–H and O–H groups in total. The van der Waals surface area contributed by atoms with Gasteiger partial charge in [0, 0.05) is 0 Å². The predicted octanol–water partition coefficient (Wildman–Crippen LogP) is 5.07. The van der Waals surface area contributed by atoms with Gasteiger partial charge in [0.15, 0.2) is 0 Å². The van der Waals surface area contributed by atoms with E-state index in [0.717, 1.165) is 0 Å². The molecule has 4 nitrogen and oxygen atoms in total. The van der Waals surface area contributed by atoms with E-state index in [1.54, 1.807) is 60.7 Å². The fourth-order valence-electron chi connectivity index (χ4n) is 2.37. The molecule has 1 atom stereocenters. The molecule has 0 radical (unpaired) electrons. The first-order valence-corrected chi connectivity index (χ1v) is 9.69. The van der Waals surface area contributed by atoms with Gasteiger partial charge in [-0.2, -0.15) is 0 Å². The highest BCUT2D eigenvalue weighted by atomic mass is 31.2. The Bertz CT molecular complexity index is 777. The minimum Gasteiger partial charge on any atom is -0.416 e. The van der Waals surface area contributed by atoms with Gasteiger partial charge in [-0.15, -0.1) is 0 Å². The van der Waals surface area contributed by atoms with Crippen LogP contribution in [0.2, 0.25) is 0 Å². The molecular weight excluding hydrogens is 335 g/mol. The summed E-state index contributed by atoms with van der Waals surface area (Å²) < 4.78 is 24.7. The Balaban J connectivity index is 1.84. The lowest BCUT2D eigenvalue weighted by Crippen LogP contribution is -2.12. The fraction of sp³-hybridized carbons (Fsp3) is 0.100. The summed E-state index contributed by atoms with van der Waals surface area (Å²) in [6.07, 6.45) is -1.11. The monoisotopic (exact) mass is 354 g/mol. The van der Waals surface area contributed by atoms with Gasteiger partial charge in [-0.05, 0) is 29.8 Å². The van der Waals surface area contributed by atoms with Crippen LogP contribution in [-0.2, 0) is 4.57 Å². The topological polar surface area (TPSA) is 55.8 Å². The Hall–Kier alpha value is -2.55. The van der Waals surface area contributed by atoms with E-state index in [2.05, 4.69) is 0 Å². The van der Waals surface area contributed by atoms with Crippen molar-refractivity contribution in [3.8, 4) is 11.5 Å². The van der Waals surface area contributed by atoms with Gasteiger partial charge < -0.3 is 14.2 Å². The number of para-hydroxylation sites is 2. The first-order valence-electron chi connectivity index (χ1n) is 7.96. The molecule has 3 aromatic carbocycles. The van der Waals surface area contributed by atoms with Crippen molar-refractivity contribution in [3.05, 3.63) is 96.6 Å². The van der Waals surface area contributed by atoms with Crippen LogP contribution in [-0.4, -0.2) is 11.3 Å². The zero-order valence-electron chi connectivity index (χ0n) is 13.6. The average molecular weight is 354 g/mol. The lowest BCUT2D eigenvalue weighted by molar-refractivity contribution is 0.194. The minimum atomic E-state index is -3.63. The van der Waals surface area contributed by atoms with Gasteiger partial charge in [0.05, 0.1) is 6.10 Å². The molecule has 25 heavy (non-hydrogen) atoms. The van der Waals surface area contributed by atoms with Crippen molar-refractivity contribution in [3.63, 3.8) is 0 Å². The smallest absolute Gasteiger partial charge is 0.416 e. The highest BCUT2D eigenvalue weighted by molar-refractivity contribution is 7.54. The largest absolute Gasteiger partial charge is 0.433 e. The van der Waals surface area contributed by atoms with Crippen molar-refractivity contribution < 1.29 is 18.7 Å². The van der Waals surface area contributed by atoms with Gasteiger partial charge in [0.1, 0.15) is 17.7 Å². The van der Waals surface area contributed by atoms with E-state index in [4.69, 9.17) is 9.05 Å². The molecule has 0 aromatic heterocycles. The van der Waals surface area contributed by atoms with Crippen LogP contribution < -0.4 is 9.05 Å². The van der Waals surface area contributed by atoms with Crippen LogP contribution >= 0.6 is 7.60 Å². The standard InChI is InChI=1S/C20H19O4P/c21-20(17-10-4-1-5-11-17)16-25(22,23-18-12-6-2-7-13-18)24-19-14-8-3-9-15-19/h1-15,20-21H,16H2. The molecule has 5 heteroatoms. The van der Waals surface area contributed by atoms with E-state index in [1.165, 1.54) is 0 Å². The van der Waals surface area contributed by atoms with Crippen LogP contribution in [0.1, 0.15) is 11.7 Å². The normalized spacial score (nSPS) is 12.4. The summed E-state index contributed by atoms with van der Waals surface area (Å²) in [7, 11) is -3.63. The van der Waals surface area contributed by atoms with Crippen LogP contribution in [0.4, 0.5) is 0 Å². The molecule has 0 spiro atoms. The number of aliphatic hydroxyl groups is 1. The Kier molecular flexibility index (Phi) is 5.54. The fourth-order valence-corrected chi connectivity index (χ4v) is 4.08. The predicted molar refractivity (Wildman–Crippen MR) is 98.0 cm³/mol. The maximum atomic E-state index is 13.3. The van der Waals surface area contributed by atoms with E-state index in [-0.39, 0.29) is 6.16 Å². The van der Waals surface area contributed by atoms with Crippen molar-refractivity contribution in [1.29, 1.82) is 0 Å². The van der Waals surface area contributed by atoms with E-state index >= 15 is 0 Å². The maximum absolute atomic E-state index is 13.3. The second-order valence-corrected chi connectivity index (χ2v) is 7.48.